The lowest BCUT2D eigenvalue weighted by Crippen LogP contribution is -2.38. The van der Waals surface area contributed by atoms with Crippen molar-refractivity contribution in [2.45, 2.75) is 88.9 Å². The predicted octanol–water partition coefficient (Wildman–Crippen LogP) is 3.62. The van der Waals surface area contributed by atoms with Crippen molar-refractivity contribution in [2.24, 2.45) is 5.92 Å². The van der Waals surface area contributed by atoms with Crippen LogP contribution in [0.3, 0.4) is 0 Å². The number of hydrogen-bond donors (Lipinski definition) is 2. The van der Waals surface area contributed by atoms with Gasteiger partial charge in [-0.15, -0.1) is 23.5 Å². The summed E-state index contributed by atoms with van der Waals surface area (Å²) in [7, 11) is 0. The van der Waals surface area contributed by atoms with Crippen molar-refractivity contribution in [2.75, 3.05) is 18.1 Å². The molecule has 1 fully saturated rings. The fraction of sp³-hybridized carbons (Fsp3) is 0.857. The molecule has 0 bridgehead atoms. The highest BCUT2D eigenvalue weighted by atomic mass is 32.2. The van der Waals surface area contributed by atoms with Gasteiger partial charge in [-0.3, -0.25) is 19.7 Å². The van der Waals surface area contributed by atoms with E-state index in [1.165, 1.54) is 6.92 Å². The van der Waals surface area contributed by atoms with Gasteiger partial charge >= 0.3 is 0 Å². The quantitative estimate of drug-likeness (QED) is 0.269. The topological polar surface area (TPSA) is 83.5 Å². The summed E-state index contributed by atoms with van der Waals surface area (Å²) in [6.07, 6.45) is 6.97. The number of aliphatic hydroxyl groups excluding tert-OH is 1. The lowest BCUT2D eigenvalue weighted by atomic mass is 9.96. The maximum absolute atomic E-state index is 12.1. The lowest BCUT2D eigenvalue weighted by Gasteiger charge is -2.35. The maximum Gasteiger partial charge on any atom is 0.143 e. The van der Waals surface area contributed by atoms with E-state index in [1.807, 2.05) is 6.92 Å². The Hall–Kier alpha value is -0.370. The third-order valence-corrected chi connectivity index (χ3v) is 8.39. The fourth-order valence-corrected chi connectivity index (χ4v) is 5.99. The molecule has 1 rings (SSSR count). The Morgan fingerprint density at radius 1 is 1.00 bits per heavy atom. The van der Waals surface area contributed by atoms with Gasteiger partial charge in [0.1, 0.15) is 23.6 Å². The summed E-state index contributed by atoms with van der Waals surface area (Å²) in [5.41, 5.74) is 0. The normalized spacial score (nSPS) is 21.0. The van der Waals surface area contributed by atoms with Gasteiger partial charge in [0.25, 0.3) is 0 Å². The molecule has 28 heavy (non-hydrogen) atoms. The van der Waals surface area contributed by atoms with E-state index < -0.39 is 6.23 Å². The predicted molar refractivity (Wildman–Crippen MR) is 119 cm³/mol. The number of hydrogen-bond acceptors (Lipinski definition) is 7. The second-order valence-corrected chi connectivity index (χ2v) is 10.3. The van der Waals surface area contributed by atoms with Crippen molar-refractivity contribution in [3.8, 4) is 0 Å². The van der Waals surface area contributed by atoms with Crippen LogP contribution in [0.5, 0.6) is 0 Å². The van der Waals surface area contributed by atoms with Gasteiger partial charge in [0.05, 0.1) is 18.1 Å². The zero-order chi connectivity index (χ0) is 20.9. The van der Waals surface area contributed by atoms with Crippen molar-refractivity contribution < 1.29 is 19.5 Å². The lowest BCUT2D eigenvalue weighted by molar-refractivity contribution is -0.117. The second kappa shape index (κ2) is 14.6. The van der Waals surface area contributed by atoms with Crippen LogP contribution < -0.4 is 5.32 Å². The Bertz CT molecular complexity index is 501. The zero-order valence-corrected chi connectivity index (χ0v) is 19.2. The van der Waals surface area contributed by atoms with Gasteiger partial charge in [0, 0.05) is 16.9 Å². The summed E-state index contributed by atoms with van der Waals surface area (Å²) in [6.45, 7) is 5.39. The Kier molecular flexibility index (Phi) is 13.4. The zero-order valence-electron chi connectivity index (χ0n) is 17.6. The summed E-state index contributed by atoms with van der Waals surface area (Å²) in [5.74, 6) is 1.90. The van der Waals surface area contributed by atoms with E-state index in [4.69, 9.17) is 0 Å². The van der Waals surface area contributed by atoms with Crippen LogP contribution in [0.25, 0.3) is 0 Å². The van der Waals surface area contributed by atoms with Gasteiger partial charge in [-0.05, 0) is 51.9 Å². The molecule has 0 amide bonds. The first-order chi connectivity index (χ1) is 13.3. The molecule has 1 aliphatic carbocycles. The van der Waals surface area contributed by atoms with Crippen molar-refractivity contribution in [1.29, 1.82) is 0 Å². The third-order valence-electron chi connectivity index (χ3n) is 5.17. The molecule has 4 atom stereocenters. The minimum Gasteiger partial charge on any atom is -0.378 e. The number of rotatable bonds is 17. The number of Topliss-reactive ketones (excluding diaryl/α,β-unsaturated/α-hetero) is 3. The highest BCUT2D eigenvalue weighted by molar-refractivity contribution is 8.04. The number of carbonyl (C=O) groups is 3. The maximum atomic E-state index is 12.1. The molecule has 2 N–H and O–H groups in total. The molecule has 0 aromatic carbocycles. The second-order valence-electron chi connectivity index (χ2n) is 7.81. The summed E-state index contributed by atoms with van der Waals surface area (Å²) in [5, 5.41) is 14.0. The molecule has 3 unspecified atom stereocenters. The van der Waals surface area contributed by atoms with Crippen molar-refractivity contribution in [1.82, 2.24) is 5.32 Å². The summed E-state index contributed by atoms with van der Waals surface area (Å²) >= 11 is 3.51. The number of carbonyl (C=O) groups excluding carboxylic acids is 3. The molecule has 0 aromatic heterocycles. The minimum atomic E-state index is -0.636. The fourth-order valence-electron chi connectivity index (χ4n) is 3.22. The van der Waals surface area contributed by atoms with Crippen LogP contribution in [-0.2, 0) is 14.4 Å². The average Bonchev–Trinajstić information content (AvgIpc) is 2.61. The smallest absolute Gasteiger partial charge is 0.143 e. The summed E-state index contributed by atoms with van der Waals surface area (Å²) < 4.78 is 0. The van der Waals surface area contributed by atoms with Crippen LogP contribution in [0.15, 0.2) is 0 Å². The molecule has 1 aliphatic rings. The molecule has 1 saturated carbocycles. The standard InChI is InChI=1S/C21H37NO4S2/c1-4-17(21(26)22-12-15(2)23)8-6-5-7-9-18(25)14-28-20-11-10-19(20)27-13-16(3)24/h17,19-22,26H,4-14H2,1-3H3/t17-,19?,20?,21?/m0/s1. The van der Waals surface area contributed by atoms with Gasteiger partial charge < -0.3 is 5.11 Å². The molecular formula is C21H37NO4S2. The molecule has 7 heteroatoms. The van der Waals surface area contributed by atoms with Crippen LogP contribution in [0, 0.1) is 5.92 Å². The first kappa shape index (κ1) is 25.7. The van der Waals surface area contributed by atoms with E-state index >= 15 is 0 Å². The largest absolute Gasteiger partial charge is 0.378 e. The van der Waals surface area contributed by atoms with E-state index in [0.29, 0.717) is 34.2 Å². The Morgan fingerprint density at radius 3 is 2.18 bits per heavy atom. The molecule has 5 nitrogen and oxygen atoms in total. The monoisotopic (exact) mass is 431 g/mol. The summed E-state index contributed by atoms with van der Waals surface area (Å²) in [6, 6.07) is 0. The van der Waals surface area contributed by atoms with Gasteiger partial charge in [-0.1, -0.05) is 19.8 Å². The SMILES string of the molecule is CC[C@@H](CCCCCC(=O)CSC1CCC1SCC(C)=O)C(O)NCC(C)=O. The van der Waals surface area contributed by atoms with Crippen LogP contribution in [0.4, 0.5) is 0 Å². The highest BCUT2D eigenvalue weighted by Crippen LogP contribution is 2.40. The first-order valence-corrected chi connectivity index (χ1v) is 12.6. The van der Waals surface area contributed by atoms with E-state index in [9.17, 15) is 19.5 Å². The minimum absolute atomic E-state index is 0.0240. The Balaban J connectivity index is 2.08. The van der Waals surface area contributed by atoms with Crippen LogP contribution in [0.1, 0.15) is 72.1 Å². The Labute approximate surface area is 178 Å². The molecule has 0 aliphatic heterocycles. The van der Waals surface area contributed by atoms with Gasteiger partial charge in [-0.2, -0.15) is 0 Å². The van der Waals surface area contributed by atoms with Crippen LogP contribution in [0.2, 0.25) is 0 Å². The molecule has 0 spiro atoms. The number of ketones is 3. The van der Waals surface area contributed by atoms with Gasteiger partial charge in [0.15, 0.2) is 0 Å². The molecule has 162 valence electrons. The third kappa shape index (κ3) is 11.0. The molecule has 0 heterocycles. The molecular weight excluding hydrogens is 394 g/mol. The molecule has 0 aromatic rings. The number of nitrogens with one attached hydrogen (secondary N) is 1. The van der Waals surface area contributed by atoms with Gasteiger partial charge in [0.2, 0.25) is 0 Å². The summed E-state index contributed by atoms with van der Waals surface area (Å²) in [4.78, 5) is 34.2. The van der Waals surface area contributed by atoms with Crippen molar-refractivity contribution in [3.05, 3.63) is 0 Å². The van der Waals surface area contributed by atoms with Crippen LogP contribution >= 0.6 is 23.5 Å². The molecule has 0 saturated heterocycles. The van der Waals surface area contributed by atoms with Gasteiger partial charge in [-0.25, -0.2) is 0 Å². The molecule has 0 radical (unpaired) electrons. The first-order valence-electron chi connectivity index (χ1n) is 10.5. The van der Waals surface area contributed by atoms with E-state index in [0.717, 1.165) is 44.9 Å². The van der Waals surface area contributed by atoms with Crippen molar-refractivity contribution in [3.63, 3.8) is 0 Å². The highest BCUT2D eigenvalue weighted by Gasteiger charge is 2.32. The number of thioether (sulfide) groups is 2. The average molecular weight is 432 g/mol. The van der Waals surface area contributed by atoms with Crippen molar-refractivity contribution >= 4 is 40.9 Å². The number of unbranched alkanes of at least 4 members (excludes halogenated alkanes) is 2. The number of aliphatic hydroxyl groups is 1. The van der Waals surface area contributed by atoms with E-state index in [-0.39, 0.29) is 24.0 Å². The Morgan fingerprint density at radius 2 is 1.64 bits per heavy atom. The van der Waals surface area contributed by atoms with E-state index in [2.05, 4.69) is 5.32 Å². The van der Waals surface area contributed by atoms with E-state index in [1.54, 1.807) is 30.4 Å². The van der Waals surface area contributed by atoms with Crippen LogP contribution in [-0.4, -0.2) is 57.2 Å².